The van der Waals surface area contributed by atoms with Crippen LogP contribution >= 0.6 is 0 Å². The van der Waals surface area contributed by atoms with E-state index in [-0.39, 0.29) is 31.1 Å². The van der Waals surface area contributed by atoms with Crippen LogP contribution in [0.4, 0.5) is 4.79 Å². The minimum Gasteiger partial charge on any atom is -0.329 e. The number of nitrogens with one attached hydrogen (secondary N) is 1. The summed E-state index contributed by atoms with van der Waals surface area (Å²) in [6.45, 7) is 0.287. The lowest BCUT2D eigenvalue weighted by atomic mass is 10.1. The van der Waals surface area contributed by atoms with Crippen LogP contribution in [0.15, 0.2) is 30.3 Å². The summed E-state index contributed by atoms with van der Waals surface area (Å²) in [7, 11) is 0. The highest BCUT2D eigenvalue weighted by Gasteiger charge is 2.29. The monoisotopic (exact) mass is 219 g/mol. The molecule has 1 atom stereocenters. The van der Waals surface area contributed by atoms with Crippen LogP contribution in [0, 0.1) is 0 Å². The molecule has 0 aliphatic carbocycles. The molecule has 1 heterocycles. The second kappa shape index (κ2) is 4.32. The summed E-state index contributed by atoms with van der Waals surface area (Å²) in [4.78, 5) is 23.8. The summed E-state index contributed by atoms with van der Waals surface area (Å²) >= 11 is 0. The van der Waals surface area contributed by atoms with Crippen LogP contribution in [0.25, 0.3) is 0 Å². The number of carbonyl (C=O) groups is 2. The first-order chi connectivity index (χ1) is 7.68. The molecule has 3 amide bonds. The highest BCUT2D eigenvalue weighted by atomic mass is 16.2. The van der Waals surface area contributed by atoms with Crippen molar-refractivity contribution in [2.24, 2.45) is 5.73 Å². The summed E-state index contributed by atoms with van der Waals surface area (Å²) in [5.41, 5.74) is 6.84. The van der Waals surface area contributed by atoms with Crippen molar-refractivity contribution >= 4 is 11.9 Å². The number of imide groups is 1. The fraction of sp³-hybridized carbons (Fsp3) is 0.273. The molecule has 0 spiro atoms. The van der Waals surface area contributed by atoms with E-state index >= 15 is 0 Å². The lowest BCUT2D eigenvalue weighted by molar-refractivity contribution is -0.125. The summed E-state index contributed by atoms with van der Waals surface area (Å²) in [5, 5.41) is 2.46. The molecule has 1 aliphatic rings. The fourth-order valence-electron chi connectivity index (χ4n) is 1.64. The molecule has 5 nitrogen and oxygen atoms in total. The molecule has 3 N–H and O–H groups in total. The van der Waals surface area contributed by atoms with Crippen molar-refractivity contribution in [2.75, 3.05) is 13.1 Å². The summed E-state index contributed by atoms with van der Waals surface area (Å²) < 4.78 is 0. The Hall–Kier alpha value is -1.88. The van der Waals surface area contributed by atoms with Gasteiger partial charge in [0, 0.05) is 12.6 Å². The third kappa shape index (κ3) is 2.04. The fourth-order valence-corrected chi connectivity index (χ4v) is 1.64. The molecule has 1 aromatic rings. The van der Waals surface area contributed by atoms with Crippen LogP contribution in [0.3, 0.4) is 0 Å². The third-order valence-electron chi connectivity index (χ3n) is 2.54. The van der Waals surface area contributed by atoms with Gasteiger partial charge in [-0.3, -0.25) is 9.69 Å². The molecular formula is C11H13N3O2. The van der Waals surface area contributed by atoms with Crippen molar-refractivity contribution < 1.29 is 9.59 Å². The molecule has 0 bridgehead atoms. The first kappa shape index (κ1) is 10.6. The maximum atomic E-state index is 11.3. The number of nitrogens with zero attached hydrogens (tertiary/aromatic N) is 1. The number of carbonyl (C=O) groups excluding carboxylic acids is 2. The highest BCUT2D eigenvalue weighted by Crippen LogP contribution is 2.12. The minimum atomic E-state index is -0.364. The molecule has 1 unspecified atom stereocenters. The lowest BCUT2D eigenvalue weighted by Crippen LogP contribution is -2.37. The van der Waals surface area contributed by atoms with Crippen LogP contribution in [-0.4, -0.2) is 29.9 Å². The van der Waals surface area contributed by atoms with Crippen molar-refractivity contribution in [3.63, 3.8) is 0 Å². The molecule has 1 aliphatic heterocycles. The minimum absolute atomic E-state index is 0.0698. The Balaban J connectivity index is 2.05. The van der Waals surface area contributed by atoms with Gasteiger partial charge in [0.15, 0.2) is 0 Å². The smallest absolute Gasteiger partial charge is 0.324 e. The van der Waals surface area contributed by atoms with Gasteiger partial charge in [-0.2, -0.15) is 0 Å². The predicted octanol–water partition coefficient (Wildman–Crippen LogP) is 0.238. The van der Waals surface area contributed by atoms with Crippen molar-refractivity contribution in [3.05, 3.63) is 35.9 Å². The summed E-state index contributed by atoms with van der Waals surface area (Å²) in [6.07, 6.45) is 0. The number of hydrogen-bond acceptors (Lipinski definition) is 3. The number of rotatable bonds is 3. The van der Waals surface area contributed by atoms with Gasteiger partial charge in [0.25, 0.3) is 0 Å². The largest absolute Gasteiger partial charge is 0.329 e. The Morgan fingerprint density at radius 2 is 2.00 bits per heavy atom. The van der Waals surface area contributed by atoms with Gasteiger partial charge in [-0.1, -0.05) is 30.3 Å². The molecule has 0 radical (unpaired) electrons. The number of nitrogens with two attached hydrogens (primary N) is 1. The topological polar surface area (TPSA) is 75.4 Å². The number of benzene rings is 1. The van der Waals surface area contributed by atoms with Crippen LogP contribution in [0.1, 0.15) is 11.6 Å². The van der Waals surface area contributed by atoms with Crippen molar-refractivity contribution in [1.29, 1.82) is 0 Å². The molecule has 84 valence electrons. The Morgan fingerprint density at radius 3 is 2.56 bits per heavy atom. The summed E-state index contributed by atoms with van der Waals surface area (Å²) in [5.74, 6) is -0.226. The SMILES string of the molecule is NC(CN1C(=O)CNC1=O)c1ccccc1. The predicted molar refractivity (Wildman–Crippen MR) is 58.5 cm³/mol. The Bertz CT molecular complexity index is 389. The molecule has 16 heavy (non-hydrogen) atoms. The quantitative estimate of drug-likeness (QED) is 0.715. The van der Waals surface area contributed by atoms with E-state index in [0.29, 0.717) is 0 Å². The van der Waals surface area contributed by atoms with E-state index in [1.165, 1.54) is 0 Å². The van der Waals surface area contributed by atoms with Crippen molar-refractivity contribution in [1.82, 2.24) is 10.2 Å². The molecule has 0 aromatic heterocycles. The van der Waals surface area contributed by atoms with E-state index in [4.69, 9.17) is 5.73 Å². The normalized spacial score (nSPS) is 17.4. The molecule has 0 saturated carbocycles. The van der Waals surface area contributed by atoms with Crippen molar-refractivity contribution in [2.45, 2.75) is 6.04 Å². The third-order valence-corrected chi connectivity index (χ3v) is 2.54. The van der Waals surface area contributed by atoms with Crippen LogP contribution in [0.5, 0.6) is 0 Å². The second-order valence-corrected chi connectivity index (χ2v) is 3.68. The molecule has 5 heteroatoms. The maximum Gasteiger partial charge on any atom is 0.324 e. The zero-order chi connectivity index (χ0) is 11.5. The van der Waals surface area contributed by atoms with E-state index in [9.17, 15) is 9.59 Å². The molecule has 1 fully saturated rings. The van der Waals surface area contributed by atoms with E-state index in [1.807, 2.05) is 30.3 Å². The van der Waals surface area contributed by atoms with Gasteiger partial charge in [0.2, 0.25) is 5.91 Å². The highest BCUT2D eigenvalue weighted by molar-refractivity contribution is 6.01. The molecule has 1 saturated heterocycles. The van der Waals surface area contributed by atoms with Gasteiger partial charge in [-0.15, -0.1) is 0 Å². The van der Waals surface area contributed by atoms with E-state index in [1.54, 1.807) is 0 Å². The molecule has 1 aromatic carbocycles. The first-order valence-electron chi connectivity index (χ1n) is 5.07. The Labute approximate surface area is 93.2 Å². The second-order valence-electron chi connectivity index (χ2n) is 3.68. The Morgan fingerprint density at radius 1 is 1.31 bits per heavy atom. The average molecular weight is 219 g/mol. The maximum absolute atomic E-state index is 11.3. The standard InChI is InChI=1S/C11H13N3O2/c12-9(8-4-2-1-3-5-8)7-14-10(15)6-13-11(14)16/h1-5,9H,6-7,12H2,(H,13,16). The van der Waals surface area contributed by atoms with Crippen molar-refractivity contribution in [3.8, 4) is 0 Å². The number of urea groups is 1. The molecule has 2 rings (SSSR count). The van der Waals surface area contributed by atoms with Gasteiger partial charge >= 0.3 is 6.03 Å². The van der Waals surface area contributed by atoms with Gasteiger partial charge in [-0.05, 0) is 5.56 Å². The first-order valence-corrected chi connectivity index (χ1v) is 5.07. The zero-order valence-corrected chi connectivity index (χ0v) is 8.72. The van der Waals surface area contributed by atoms with E-state index < -0.39 is 0 Å². The van der Waals surface area contributed by atoms with E-state index in [2.05, 4.69) is 5.32 Å². The van der Waals surface area contributed by atoms with Gasteiger partial charge in [0.1, 0.15) is 0 Å². The molecular weight excluding hydrogens is 206 g/mol. The van der Waals surface area contributed by atoms with E-state index in [0.717, 1.165) is 10.5 Å². The lowest BCUT2D eigenvalue weighted by Gasteiger charge is -2.18. The summed E-state index contributed by atoms with van der Waals surface area (Å²) in [6, 6.07) is 8.70. The Kier molecular flexibility index (Phi) is 2.87. The number of amides is 3. The van der Waals surface area contributed by atoms with Crippen LogP contribution in [0.2, 0.25) is 0 Å². The van der Waals surface area contributed by atoms with Gasteiger partial charge < -0.3 is 11.1 Å². The zero-order valence-electron chi connectivity index (χ0n) is 8.72. The van der Waals surface area contributed by atoms with Gasteiger partial charge in [-0.25, -0.2) is 4.79 Å². The van der Waals surface area contributed by atoms with Crippen LogP contribution in [-0.2, 0) is 4.79 Å². The number of hydrogen-bond donors (Lipinski definition) is 2. The average Bonchev–Trinajstić information content (AvgIpc) is 2.62. The van der Waals surface area contributed by atoms with Gasteiger partial charge in [0.05, 0.1) is 6.54 Å². The van der Waals surface area contributed by atoms with Crippen LogP contribution < -0.4 is 11.1 Å².